The summed E-state index contributed by atoms with van der Waals surface area (Å²) in [5, 5.41) is 10.7. The van der Waals surface area contributed by atoms with Crippen molar-refractivity contribution < 1.29 is 14.6 Å². The van der Waals surface area contributed by atoms with Crippen LogP contribution in [0.2, 0.25) is 5.02 Å². The second-order valence-electron chi connectivity index (χ2n) is 7.14. The highest BCUT2D eigenvalue weighted by Gasteiger charge is 2.16. The lowest BCUT2D eigenvalue weighted by atomic mass is 10.2. The first-order valence-corrected chi connectivity index (χ1v) is 12.0. The molecule has 1 aromatic heterocycles. The van der Waals surface area contributed by atoms with Crippen LogP contribution >= 0.6 is 23.4 Å². The van der Waals surface area contributed by atoms with Crippen molar-refractivity contribution in [1.82, 2.24) is 4.57 Å². The maximum Gasteiger partial charge on any atom is 0.344 e. The van der Waals surface area contributed by atoms with Crippen molar-refractivity contribution in [2.75, 3.05) is 6.26 Å². The van der Waals surface area contributed by atoms with Gasteiger partial charge in [0, 0.05) is 28.0 Å². The molecule has 0 bridgehead atoms. The molecule has 1 N–H and O–H groups in total. The molecule has 0 fully saturated rings. The van der Waals surface area contributed by atoms with E-state index in [-0.39, 0.29) is 0 Å². The molecule has 0 aliphatic heterocycles. The zero-order valence-electron chi connectivity index (χ0n) is 19.1. The molecule has 0 saturated carbocycles. The van der Waals surface area contributed by atoms with E-state index in [9.17, 15) is 4.79 Å². The summed E-state index contributed by atoms with van der Waals surface area (Å²) >= 11 is 7.91. The fourth-order valence-corrected chi connectivity index (χ4v) is 4.20. The zero-order valence-corrected chi connectivity index (χ0v) is 20.7. The number of ether oxygens (including phenoxy) is 1. The predicted octanol–water partition coefficient (Wildman–Crippen LogP) is 7.36. The first-order valence-electron chi connectivity index (χ1n) is 10.4. The topological polar surface area (TPSA) is 51.5 Å². The number of benzene rings is 2. The van der Waals surface area contributed by atoms with E-state index < -0.39 is 12.1 Å². The fraction of sp³-hybridized carbons (Fsp3) is 0.269. The van der Waals surface area contributed by atoms with E-state index in [1.807, 2.05) is 62.4 Å². The molecule has 1 atom stereocenters. The molecule has 1 unspecified atom stereocenters. The summed E-state index contributed by atoms with van der Waals surface area (Å²) in [6.07, 6.45) is 9.13. The van der Waals surface area contributed by atoms with E-state index in [2.05, 4.69) is 29.9 Å². The lowest BCUT2D eigenvalue weighted by molar-refractivity contribution is -0.144. The highest BCUT2D eigenvalue weighted by Crippen LogP contribution is 2.34. The van der Waals surface area contributed by atoms with Crippen LogP contribution in [-0.2, 0) is 11.3 Å². The van der Waals surface area contributed by atoms with Gasteiger partial charge in [0.25, 0.3) is 0 Å². The van der Waals surface area contributed by atoms with E-state index in [0.29, 0.717) is 17.3 Å². The number of aliphatic carboxylic acids is 1. The lowest BCUT2D eigenvalue weighted by Crippen LogP contribution is -2.23. The number of carboxylic acids is 1. The Hall–Kier alpha value is -2.63. The minimum Gasteiger partial charge on any atom is -0.479 e. The van der Waals surface area contributed by atoms with E-state index in [1.54, 1.807) is 17.8 Å². The van der Waals surface area contributed by atoms with E-state index in [1.165, 1.54) is 28.4 Å². The molecule has 0 saturated heterocycles. The number of hydrogen-bond acceptors (Lipinski definition) is 3. The van der Waals surface area contributed by atoms with Crippen LogP contribution < -0.4 is 4.74 Å². The number of aromatic nitrogens is 1. The third kappa shape index (κ3) is 6.44. The number of carboxylic acid groups (broad SMARTS) is 1. The first kappa shape index (κ1) is 25.6. The van der Waals surface area contributed by atoms with Gasteiger partial charge in [-0.2, -0.15) is 0 Å². The third-order valence-electron chi connectivity index (χ3n) is 4.86. The molecule has 0 spiro atoms. The molecule has 3 rings (SSSR count). The quantitative estimate of drug-likeness (QED) is 0.289. The SMILES string of the molecule is C/C=C\C=C/C.CSc1c(C)n(Cc2ccc(Cl)c(OC(C)C(=O)O)c2)c2ccccc12. The molecule has 4 nitrogen and oxygen atoms in total. The van der Waals surface area contributed by atoms with E-state index in [4.69, 9.17) is 21.4 Å². The average molecular weight is 472 g/mol. The Morgan fingerprint density at radius 1 is 1.19 bits per heavy atom. The molecule has 1 heterocycles. The molecule has 0 amide bonds. The minimum absolute atomic E-state index is 0.387. The summed E-state index contributed by atoms with van der Waals surface area (Å²) in [6, 6.07) is 13.8. The number of hydrogen-bond donors (Lipinski definition) is 1. The van der Waals surface area contributed by atoms with Gasteiger partial charge in [-0.3, -0.25) is 0 Å². The van der Waals surface area contributed by atoms with E-state index >= 15 is 0 Å². The third-order valence-corrected chi connectivity index (χ3v) is 6.10. The zero-order chi connectivity index (χ0) is 23.7. The number of rotatable bonds is 7. The molecule has 6 heteroatoms. The number of allylic oxidation sites excluding steroid dienone is 4. The van der Waals surface area contributed by atoms with E-state index in [0.717, 1.165) is 5.56 Å². The van der Waals surface area contributed by atoms with Gasteiger partial charge < -0.3 is 14.4 Å². The highest BCUT2D eigenvalue weighted by molar-refractivity contribution is 7.98. The number of para-hydroxylation sites is 1. The van der Waals surface area contributed by atoms with Crippen LogP contribution in [0.15, 0.2) is 71.7 Å². The van der Waals surface area contributed by atoms with Crippen LogP contribution in [0.5, 0.6) is 5.75 Å². The first-order chi connectivity index (χ1) is 15.3. The average Bonchev–Trinajstić information content (AvgIpc) is 3.05. The molecule has 3 aromatic rings. The lowest BCUT2D eigenvalue weighted by Gasteiger charge is -2.14. The molecule has 2 aromatic carbocycles. The van der Waals surface area contributed by atoms with Gasteiger partial charge in [0.2, 0.25) is 0 Å². The van der Waals surface area contributed by atoms with Crippen molar-refractivity contribution in [2.45, 2.75) is 45.2 Å². The van der Waals surface area contributed by atoms with Gasteiger partial charge in [-0.05, 0) is 57.7 Å². The number of halogens is 1. The summed E-state index contributed by atoms with van der Waals surface area (Å²) in [4.78, 5) is 12.3. The van der Waals surface area contributed by atoms with Crippen molar-refractivity contribution in [3.63, 3.8) is 0 Å². The smallest absolute Gasteiger partial charge is 0.344 e. The molecule has 170 valence electrons. The van der Waals surface area contributed by atoms with Crippen LogP contribution in [0.25, 0.3) is 10.9 Å². The van der Waals surface area contributed by atoms with Gasteiger partial charge in [0.1, 0.15) is 5.75 Å². The Bertz CT molecular complexity index is 1110. The number of carbonyl (C=O) groups is 1. The van der Waals surface area contributed by atoms with Crippen LogP contribution in [-0.4, -0.2) is 28.0 Å². The van der Waals surface area contributed by atoms with Crippen molar-refractivity contribution in [3.05, 3.63) is 83.0 Å². The second-order valence-corrected chi connectivity index (χ2v) is 8.36. The maximum absolute atomic E-state index is 11.0. The molecule has 0 aliphatic rings. The normalized spacial score (nSPS) is 12.2. The Morgan fingerprint density at radius 2 is 1.84 bits per heavy atom. The summed E-state index contributed by atoms with van der Waals surface area (Å²) in [5.74, 6) is -0.637. The molecular weight excluding hydrogens is 442 g/mol. The Balaban J connectivity index is 0.000000534. The van der Waals surface area contributed by atoms with Crippen molar-refractivity contribution in [2.24, 2.45) is 0 Å². The van der Waals surface area contributed by atoms with Gasteiger partial charge in [0.15, 0.2) is 6.10 Å². The molecule has 0 aliphatic carbocycles. The van der Waals surface area contributed by atoms with Crippen LogP contribution in [0.4, 0.5) is 0 Å². The second kappa shape index (κ2) is 12.4. The van der Waals surface area contributed by atoms with Crippen molar-refractivity contribution in [1.29, 1.82) is 0 Å². The number of nitrogens with zero attached hydrogens (tertiary/aromatic N) is 1. The van der Waals surface area contributed by atoms with Gasteiger partial charge in [-0.15, -0.1) is 11.8 Å². The maximum atomic E-state index is 11.0. The minimum atomic E-state index is -1.02. The molecule has 32 heavy (non-hydrogen) atoms. The summed E-state index contributed by atoms with van der Waals surface area (Å²) < 4.78 is 7.74. The Kier molecular flexibility index (Phi) is 9.95. The molecule has 0 radical (unpaired) electrons. The summed E-state index contributed by atoms with van der Waals surface area (Å²) in [5.41, 5.74) is 3.37. The van der Waals surface area contributed by atoms with Gasteiger partial charge in [-0.25, -0.2) is 4.79 Å². The monoisotopic (exact) mass is 471 g/mol. The molecular formula is C26H30ClNO3S. The van der Waals surface area contributed by atoms with Gasteiger partial charge in [0.05, 0.1) is 5.02 Å². The van der Waals surface area contributed by atoms with Crippen LogP contribution in [0, 0.1) is 6.92 Å². The highest BCUT2D eigenvalue weighted by atomic mass is 35.5. The van der Waals surface area contributed by atoms with Gasteiger partial charge >= 0.3 is 5.97 Å². The number of thioether (sulfide) groups is 1. The predicted molar refractivity (Wildman–Crippen MR) is 136 cm³/mol. The number of fused-ring (bicyclic) bond motifs is 1. The Labute approximate surface area is 199 Å². The Morgan fingerprint density at radius 3 is 2.44 bits per heavy atom. The largest absolute Gasteiger partial charge is 0.479 e. The van der Waals surface area contributed by atoms with Crippen molar-refractivity contribution >= 4 is 40.2 Å². The van der Waals surface area contributed by atoms with Crippen molar-refractivity contribution in [3.8, 4) is 5.75 Å². The van der Waals surface area contributed by atoms with Gasteiger partial charge in [-0.1, -0.05) is 60.2 Å². The standard InChI is InChI=1S/C20H20ClNO3S.C6H10/c1-12-19(26-3)15-6-4-5-7-17(15)22(12)11-14-8-9-16(21)18(10-14)25-13(2)20(23)24;1-3-5-6-4-2/h4-10,13H,11H2,1-3H3,(H,23,24);3-6H,1-2H3/b;5-3-,6-4-. The van der Waals surface area contributed by atoms with Crippen LogP contribution in [0.1, 0.15) is 32.0 Å². The summed E-state index contributed by atoms with van der Waals surface area (Å²) in [6.45, 7) is 8.26. The fourth-order valence-electron chi connectivity index (χ4n) is 3.24. The van der Waals surface area contributed by atoms with Crippen LogP contribution in [0.3, 0.4) is 0 Å². The summed E-state index contributed by atoms with van der Waals surface area (Å²) in [7, 11) is 0.